The van der Waals surface area contributed by atoms with Crippen LogP contribution in [0.5, 0.6) is 0 Å². The molecule has 4 fully saturated rings. The lowest BCUT2D eigenvalue weighted by Gasteiger charge is -2.49. The molecule has 0 radical (unpaired) electrons. The highest BCUT2D eigenvalue weighted by Crippen LogP contribution is 2.50. The molecule has 0 aromatic carbocycles. The number of imidazole rings is 2. The first kappa shape index (κ1) is 52.2. The summed E-state index contributed by atoms with van der Waals surface area (Å²) in [5, 5.41) is 12.1. The van der Waals surface area contributed by atoms with Gasteiger partial charge in [-0.1, -0.05) is 13.8 Å². The largest absolute Gasteiger partial charge is 0.509 e. The highest BCUT2D eigenvalue weighted by atomic mass is 16.8. The summed E-state index contributed by atoms with van der Waals surface area (Å²) in [5.74, 6) is -2.98. The van der Waals surface area contributed by atoms with Crippen LogP contribution in [-0.4, -0.2) is 164 Å². The number of fused-ring (bicyclic) bond motifs is 3. The summed E-state index contributed by atoms with van der Waals surface area (Å²) in [6, 6.07) is -0.227. The van der Waals surface area contributed by atoms with Crippen LogP contribution in [0.2, 0.25) is 0 Å². The maximum atomic E-state index is 15.1. The fourth-order valence-corrected chi connectivity index (χ4v) is 11.0. The van der Waals surface area contributed by atoms with Crippen molar-refractivity contribution in [3.8, 4) is 0 Å². The number of carbonyl (C=O) groups excluding carboxylic acids is 4. The van der Waals surface area contributed by atoms with E-state index in [1.165, 1.54) is 56.0 Å². The highest BCUT2D eigenvalue weighted by Gasteiger charge is 2.63. The zero-order valence-electron chi connectivity index (χ0n) is 42.1. The third kappa shape index (κ3) is 10.3. The Morgan fingerprint density at radius 2 is 1.55 bits per heavy atom. The Hall–Kier alpha value is -4.64. The number of hydrogen-bond donors (Lipinski definition) is 1. The van der Waals surface area contributed by atoms with E-state index in [0.29, 0.717) is 18.6 Å². The van der Waals surface area contributed by atoms with E-state index in [4.69, 9.17) is 52.1 Å². The summed E-state index contributed by atoms with van der Waals surface area (Å²) in [6.07, 6.45) is -4.55. The summed E-state index contributed by atoms with van der Waals surface area (Å²) >= 11 is 0. The summed E-state index contributed by atoms with van der Waals surface area (Å²) in [6.45, 7) is 21.8. The molecule has 7 rings (SSSR count). The molecular formula is C48H71N5O16. The number of nitrogens with zero attached hydrogens (tertiary/aromatic N) is 5. The number of cyclic esters (lactones) is 1. The Morgan fingerprint density at radius 3 is 2.16 bits per heavy atom. The average molecular weight is 974 g/mol. The van der Waals surface area contributed by atoms with Crippen molar-refractivity contribution in [1.29, 1.82) is 0 Å². The molecule has 0 saturated carbocycles. The Morgan fingerprint density at radius 1 is 0.899 bits per heavy atom. The van der Waals surface area contributed by atoms with Crippen LogP contribution in [0.25, 0.3) is 0 Å². The van der Waals surface area contributed by atoms with Gasteiger partial charge in [-0.25, -0.2) is 33.5 Å². The van der Waals surface area contributed by atoms with Crippen LogP contribution in [0.1, 0.15) is 102 Å². The lowest BCUT2D eigenvalue weighted by atomic mass is 9.78. The van der Waals surface area contributed by atoms with E-state index < -0.39 is 120 Å². The Bertz CT molecular complexity index is 2170. The highest BCUT2D eigenvalue weighted by molar-refractivity contribution is 5.74. The first-order chi connectivity index (χ1) is 32.4. The topological polar surface area (TPSA) is 229 Å². The molecule has 0 aliphatic carbocycles. The molecule has 21 nitrogen and oxygen atoms in total. The Balaban J connectivity index is 1.31. The van der Waals surface area contributed by atoms with Gasteiger partial charge in [0.2, 0.25) is 0 Å². The number of aliphatic hydroxyl groups excluding tert-OH is 1. The standard InChI is InChI=1S/C48H71N5O16/c1-24(2)51(13)32-19-26(4)60-42(34(32)54)65-37-28(6)36(63-33-21-46(10,59-14)39(30(8)61-33)66-44(57)53-18-16-50-23-53)29(7)41(55)64-40(31(9)62-43(56)52-17-15-49-22-52)48(12)38(67-45(58)69-48)27(5)35-25(3)20-47(37,11)68-35/h15-18,22-24,26-34,36-40,42,54H,19-21H2,1-14H3/t26-,27-,28+,29-,30+,31-,32+,33+,34-,36+,37-,38-,39+,40-,42+,46-,47-,48+/m1/s1. The molecule has 18 atom stereocenters. The van der Waals surface area contributed by atoms with Crippen LogP contribution in [0.4, 0.5) is 14.4 Å². The molecule has 7 heterocycles. The van der Waals surface area contributed by atoms with Gasteiger partial charge >= 0.3 is 24.3 Å². The normalized spacial score (nSPS) is 40.1. The van der Waals surface area contributed by atoms with Crippen molar-refractivity contribution in [1.82, 2.24) is 24.0 Å². The zero-order valence-corrected chi connectivity index (χ0v) is 42.1. The molecule has 2 aromatic heterocycles. The Labute approximate surface area is 403 Å². The zero-order chi connectivity index (χ0) is 50.5. The number of aromatic nitrogens is 4. The van der Waals surface area contributed by atoms with Crippen LogP contribution in [0.15, 0.2) is 48.8 Å². The van der Waals surface area contributed by atoms with Crippen molar-refractivity contribution in [2.45, 2.75) is 199 Å². The quantitative estimate of drug-likeness (QED) is 0.226. The third-order valence-corrected chi connectivity index (χ3v) is 15.0. The van der Waals surface area contributed by atoms with Crippen molar-refractivity contribution in [2.24, 2.45) is 17.8 Å². The van der Waals surface area contributed by atoms with Crippen LogP contribution >= 0.6 is 0 Å². The summed E-state index contributed by atoms with van der Waals surface area (Å²) < 4.78 is 72.8. The van der Waals surface area contributed by atoms with Gasteiger partial charge in [-0.05, 0) is 88.3 Å². The number of carbonyl (C=O) groups is 4. The summed E-state index contributed by atoms with van der Waals surface area (Å²) in [7, 11) is 3.45. The third-order valence-electron chi connectivity index (χ3n) is 15.0. The Kier molecular flexibility index (Phi) is 15.3. The molecule has 2 aromatic rings. The van der Waals surface area contributed by atoms with E-state index >= 15 is 4.79 Å². The summed E-state index contributed by atoms with van der Waals surface area (Å²) in [4.78, 5) is 65.0. The fraction of sp³-hybridized carbons (Fsp3) is 0.750. The van der Waals surface area contributed by atoms with Gasteiger partial charge in [-0.3, -0.25) is 9.69 Å². The number of esters is 1. The molecule has 384 valence electrons. The molecular weight excluding hydrogens is 903 g/mol. The van der Waals surface area contributed by atoms with Crippen molar-refractivity contribution in [3.05, 3.63) is 48.8 Å². The van der Waals surface area contributed by atoms with Gasteiger partial charge in [-0.15, -0.1) is 0 Å². The van der Waals surface area contributed by atoms with E-state index in [9.17, 15) is 19.5 Å². The molecule has 2 bridgehead atoms. The van der Waals surface area contributed by atoms with E-state index in [1.54, 1.807) is 27.7 Å². The van der Waals surface area contributed by atoms with Gasteiger partial charge in [0.1, 0.15) is 47.9 Å². The smallest absolute Gasteiger partial charge is 0.488 e. The van der Waals surface area contributed by atoms with Gasteiger partial charge in [0, 0.05) is 62.7 Å². The molecule has 1 N–H and O–H groups in total. The fourth-order valence-electron chi connectivity index (χ4n) is 11.0. The molecule has 0 amide bonds. The monoisotopic (exact) mass is 973 g/mol. The van der Waals surface area contributed by atoms with Gasteiger partial charge in [0.25, 0.3) is 0 Å². The summed E-state index contributed by atoms with van der Waals surface area (Å²) in [5.41, 5.74) is -3.31. The molecule has 5 aliphatic rings. The van der Waals surface area contributed by atoms with Crippen LogP contribution in [0, 0.1) is 17.8 Å². The minimum atomic E-state index is -1.75. The minimum Gasteiger partial charge on any atom is -0.488 e. The average Bonchev–Trinajstić information content (AvgIpc) is 4.13. The molecule has 21 heteroatoms. The first-order valence-electron chi connectivity index (χ1n) is 23.8. The molecule has 0 spiro atoms. The van der Waals surface area contributed by atoms with Crippen molar-refractivity contribution in [2.75, 3.05) is 14.2 Å². The number of hydrogen-bond acceptors (Lipinski definition) is 19. The van der Waals surface area contributed by atoms with Crippen LogP contribution in [-0.2, 0) is 56.9 Å². The van der Waals surface area contributed by atoms with E-state index in [1.807, 2.05) is 41.7 Å². The SMILES string of the molecule is CO[C@]1(C)C[C@H](O[C@H]2[C@H](C)[C@@H](O[C@@H]3O[C@H](C)C[C@H](N(C)C(C)C)[C@H]3O)[C@@]3(C)CC(C)=C(O3)[C@@H](C)[C@H]3OC(=O)O[C@]3(C)[C@@H]([C@@H](C)OC(=O)n3ccnc3)OC(=O)[C@@H]2C)O[C@@H](C)[C@@H]1OC(=O)n1ccnc1. The van der Waals surface area contributed by atoms with Gasteiger partial charge < -0.3 is 57.2 Å². The lowest BCUT2D eigenvalue weighted by molar-refractivity contribution is -0.317. The molecule has 5 aliphatic heterocycles. The van der Waals surface area contributed by atoms with Crippen molar-refractivity contribution >= 4 is 24.3 Å². The van der Waals surface area contributed by atoms with Gasteiger partial charge in [0.15, 0.2) is 36.5 Å². The second kappa shape index (κ2) is 20.2. The second-order valence-corrected chi connectivity index (χ2v) is 20.5. The van der Waals surface area contributed by atoms with Crippen LogP contribution in [0.3, 0.4) is 0 Å². The lowest BCUT2D eigenvalue weighted by Crippen LogP contribution is -2.61. The first-order valence-corrected chi connectivity index (χ1v) is 23.8. The predicted octanol–water partition coefficient (Wildman–Crippen LogP) is 5.60. The maximum Gasteiger partial charge on any atom is 0.509 e. The van der Waals surface area contributed by atoms with E-state index in [-0.39, 0.29) is 24.6 Å². The number of likely N-dealkylation sites (N-methyl/N-ethyl adjacent to an activating group) is 1. The molecule has 0 unspecified atom stereocenters. The molecule has 69 heavy (non-hydrogen) atoms. The number of aliphatic hydroxyl groups is 1. The van der Waals surface area contributed by atoms with E-state index in [2.05, 4.69) is 28.7 Å². The molecule has 4 saturated heterocycles. The van der Waals surface area contributed by atoms with E-state index in [0.717, 1.165) is 10.1 Å². The van der Waals surface area contributed by atoms with Crippen molar-refractivity contribution < 1.29 is 76.4 Å². The number of rotatable bonds is 10. The maximum absolute atomic E-state index is 15.1. The number of methoxy groups -OCH3 is 1. The van der Waals surface area contributed by atoms with Gasteiger partial charge in [0.05, 0.1) is 30.1 Å². The minimum absolute atomic E-state index is 0.0321. The van der Waals surface area contributed by atoms with Crippen molar-refractivity contribution in [3.63, 3.8) is 0 Å². The predicted molar refractivity (Wildman–Crippen MR) is 241 cm³/mol. The second-order valence-electron chi connectivity index (χ2n) is 20.5. The van der Waals surface area contributed by atoms with Crippen LogP contribution < -0.4 is 0 Å². The van der Waals surface area contributed by atoms with Gasteiger partial charge in [-0.2, -0.15) is 0 Å². The number of ether oxygens (including phenoxy) is 11.